The van der Waals surface area contributed by atoms with Gasteiger partial charge in [0.25, 0.3) is 5.91 Å². The maximum Gasteiger partial charge on any atom is 0.434 e. The highest BCUT2D eigenvalue weighted by Crippen LogP contribution is 2.34. The molecule has 1 amide bonds. The molecule has 1 atom stereocenters. The van der Waals surface area contributed by atoms with Gasteiger partial charge in [-0.25, -0.2) is 4.68 Å². The number of hydrogen-bond donors (Lipinski definition) is 0. The van der Waals surface area contributed by atoms with Crippen molar-refractivity contribution < 1.29 is 22.7 Å². The maximum absolute atomic E-state index is 13.7. The lowest BCUT2D eigenvalue weighted by Crippen LogP contribution is -2.39. The second kappa shape index (κ2) is 6.93. The summed E-state index contributed by atoms with van der Waals surface area (Å²) < 4.78 is 46.5. The van der Waals surface area contributed by atoms with Crippen molar-refractivity contribution in [1.29, 1.82) is 0 Å². The number of carbonyl (C=O) groups excluding carboxylic acids is 1. The van der Waals surface area contributed by atoms with Crippen LogP contribution in [0.2, 0.25) is 0 Å². The predicted molar refractivity (Wildman–Crippen MR) is 85.0 cm³/mol. The average molecular weight is 369 g/mol. The normalized spacial score (nSPS) is 18.0. The number of aromatic nitrogens is 4. The summed E-state index contributed by atoms with van der Waals surface area (Å²) in [6.45, 7) is 2.85. The van der Waals surface area contributed by atoms with Crippen molar-refractivity contribution in [2.24, 2.45) is 5.92 Å². The van der Waals surface area contributed by atoms with Gasteiger partial charge in [0.05, 0.1) is 18.9 Å². The van der Waals surface area contributed by atoms with E-state index in [1.165, 1.54) is 24.1 Å². The molecule has 0 aromatic carbocycles. The zero-order chi connectivity index (χ0) is 18.9. The van der Waals surface area contributed by atoms with Crippen LogP contribution >= 0.6 is 0 Å². The molecule has 1 aliphatic heterocycles. The molecule has 3 rings (SSSR count). The number of hydrogen-bond acceptors (Lipinski definition) is 5. The van der Waals surface area contributed by atoms with Crippen LogP contribution in [0, 0.1) is 5.92 Å². The van der Waals surface area contributed by atoms with Gasteiger partial charge < -0.3 is 9.64 Å². The fourth-order valence-corrected chi connectivity index (χ4v) is 3.03. The van der Waals surface area contributed by atoms with Gasteiger partial charge in [-0.3, -0.25) is 4.79 Å². The first-order valence-electron chi connectivity index (χ1n) is 8.14. The van der Waals surface area contributed by atoms with Crippen LogP contribution in [0.15, 0.2) is 18.3 Å². The van der Waals surface area contributed by atoms with Crippen LogP contribution in [0.4, 0.5) is 13.2 Å². The molecule has 1 unspecified atom stereocenters. The number of amides is 1. The molecular weight excluding hydrogens is 351 g/mol. The minimum absolute atomic E-state index is 0.149. The molecular formula is C16H18F3N5O2. The van der Waals surface area contributed by atoms with Crippen molar-refractivity contribution >= 4 is 5.91 Å². The quantitative estimate of drug-likeness (QED) is 0.831. The molecule has 1 fully saturated rings. The second-order valence-electron chi connectivity index (χ2n) is 6.25. The largest absolute Gasteiger partial charge is 0.480 e. The molecule has 2 aromatic rings. The molecule has 0 aliphatic carbocycles. The Bertz CT molecular complexity index is 788. The summed E-state index contributed by atoms with van der Waals surface area (Å²) in [5.74, 6) is -0.404. The Labute approximate surface area is 147 Å². The number of methoxy groups -OCH3 is 1. The fraction of sp³-hybridized carbons (Fsp3) is 0.500. The van der Waals surface area contributed by atoms with Crippen molar-refractivity contribution in [1.82, 2.24) is 24.9 Å². The van der Waals surface area contributed by atoms with Gasteiger partial charge in [-0.05, 0) is 24.8 Å². The first kappa shape index (κ1) is 18.2. The zero-order valence-electron chi connectivity index (χ0n) is 14.3. The minimum Gasteiger partial charge on any atom is -0.480 e. The third-order valence-electron chi connectivity index (χ3n) is 4.26. The van der Waals surface area contributed by atoms with Crippen LogP contribution in [0.25, 0.3) is 5.82 Å². The zero-order valence-corrected chi connectivity index (χ0v) is 14.3. The van der Waals surface area contributed by atoms with Crippen LogP contribution in [0.5, 0.6) is 5.88 Å². The van der Waals surface area contributed by atoms with Gasteiger partial charge in [-0.2, -0.15) is 18.3 Å². The van der Waals surface area contributed by atoms with E-state index < -0.39 is 23.3 Å². The summed E-state index contributed by atoms with van der Waals surface area (Å²) in [4.78, 5) is 14.1. The van der Waals surface area contributed by atoms with Crippen LogP contribution in [-0.2, 0) is 6.18 Å². The lowest BCUT2D eigenvalue weighted by Gasteiger charge is -2.31. The van der Waals surface area contributed by atoms with Crippen LogP contribution in [0.1, 0.15) is 35.8 Å². The molecule has 1 aliphatic rings. The van der Waals surface area contributed by atoms with E-state index in [9.17, 15) is 18.0 Å². The van der Waals surface area contributed by atoms with Gasteiger partial charge in [0.1, 0.15) is 0 Å². The molecule has 0 bridgehead atoms. The van der Waals surface area contributed by atoms with Gasteiger partial charge in [-0.1, -0.05) is 6.92 Å². The summed E-state index contributed by atoms with van der Waals surface area (Å²) >= 11 is 0. The highest BCUT2D eigenvalue weighted by molar-refractivity contribution is 5.95. The van der Waals surface area contributed by atoms with E-state index in [1.54, 1.807) is 0 Å². The van der Waals surface area contributed by atoms with Crippen molar-refractivity contribution in [3.63, 3.8) is 0 Å². The topological polar surface area (TPSA) is 73.1 Å². The number of piperidine rings is 1. The van der Waals surface area contributed by atoms with Crippen molar-refractivity contribution in [2.45, 2.75) is 25.9 Å². The maximum atomic E-state index is 13.7. The first-order valence-corrected chi connectivity index (χ1v) is 8.14. The van der Waals surface area contributed by atoms with E-state index >= 15 is 0 Å². The number of alkyl halides is 3. The predicted octanol–water partition coefficient (Wildman–Crippen LogP) is 2.56. The molecule has 7 nitrogen and oxygen atoms in total. The Balaban J connectivity index is 2.01. The summed E-state index contributed by atoms with van der Waals surface area (Å²) in [6, 6.07) is 2.67. The number of carbonyl (C=O) groups is 1. The molecule has 0 spiro atoms. The Morgan fingerprint density at radius 3 is 2.65 bits per heavy atom. The minimum atomic E-state index is -4.77. The molecule has 10 heteroatoms. The van der Waals surface area contributed by atoms with E-state index in [2.05, 4.69) is 15.3 Å². The first-order chi connectivity index (χ1) is 12.3. The van der Waals surface area contributed by atoms with Crippen molar-refractivity contribution in [2.75, 3.05) is 20.2 Å². The van der Waals surface area contributed by atoms with Gasteiger partial charge in [0.15, 0.2) is 11.5 Å². The summed E-state index contributed by atoms with van der Waals surface area (Å²) in [7, 11) is 1.37. The van der Waals surface area contributed by atoms with Gasteiger partial charge in [0.2, 0.25) is 5.88 Å². The lowest BCUT2D eigenvalue weighted by molar-refractivity contribution is -0.143. The highest BCUT2D eigenvalue weighted by Gasteiger charge is 2.42. The van der Waals surface area contributed by atoms with Crippen LogP contribution in [-0.4, -0.2) is 51.0 Å². The van der Waals surface area contributed by atoms with Gasteiger partial charge >= 0.3 is 6.18 Å². The highest BCUT2D eigenvalue weighted by atomic mass is 19.4. The number of halogens is 3. The van der Waals surface area contributed by atoms with E-state index in [0.29, 0.717) is 17.8 Å². The van der Waals surface area contributed by atoms with Gasteiger partial charge in [0, 0.05) is 19.2 Å². The summed E-state index contributed by atoms with van der Waals surface area (Å²) in [6.07, 6.45) is -2.11. The molecule has 26 heavy (non-hydrogen) atoms. The smallest absolute Gasteiger partial charge is 0.434 e. The Kier molecular flexibility index (Phi) is 4.84. The van der Waals surface area contributed by atoms with Crippen LogP contribution < -0.4 is 4.74 Å². The van der Waals surface area contributed by atoms with E-state index in [1.807, 2.05) is 6.92 Å². The number of nitrogens with zero attached hydrogens (tertiary/aromatic N) is 5. The SMILES string of the molecule is COc1ccc(-n2ncc(C(=O)N3CCCC(C)C3)c2C(F)(F)F)nn1. The van der Waals surface area contributed by atoms with Gasteiger partial charge in [-0.15, -0.1) is 10.2 Å². The van der Waals surface area contributed by atoms with Crippen LogP contribution in [0.3, 0.4) is 0 Å². The standard InChI is InChI=1S/C16H18F3N5O2/c1-10-4-3-7-23(9-10)15(25)11-8-20-24(14(11)16(17,18)19)12-5-6-13(26-2)22-21-12/h5-6,8,10H,3-4,7,9H2,1-2H3. The third-order valence-corrected chi connectivity index (χ3v) is 4.26. The second-order valence-corrected chi connectivity index (χ2v) is 6.25. The van der Waals surface area contributed by atoms with Crippen molar-refractivity contribution in [3.8, 4) is 11.7 Å². The lowest BCUT2D eigenvalue weighted by atomic mass is 9.99. The molecule has 140 valence electrons. The Morgan fingerprint density at radius 1 is 1.31 bits per heavy atom. The molecule has 0 saturated carbocycles. The van der Waals surface area contributed by atoms with E-state index in [4.69, 9.17) is 4.74 Å². The number of likely N-dealkylation sites (tertiary alicyclic amines) is 1. The molecule has 3 heterocycles. The molecule has 0 radical (unpaired) electrons. The average Bonchev–Trinajstić information content (AvgIpc) is 3.06. The fourth-order valence-electron chi connectivity index (χ4n) is 3.03. The number of ether oxygens (including phenoxy) is 1. The Morgan fingerprint density at radius 2 is 2.08 bits per heavy atom. The van der Waals surface area contributed by atoms with E-state index in [0.717, 1.165) is 19.0 Å². The monoisotopic (exact) mass is 369 g/mol. The summed E-state index contributed by atoms with van der Waals surface area (Å²) in [5.41, 5.74) is -1.63. The molecule has 0 N–H and O–H groups in total. The van der Waals surface area contributed by atoms with Crippen molar-refractivity contribution in [3.05, 3.63) is 29.6 Å². The molecule has 2 aromatic heterocycles. The Hall–Kier alpha value is -2.65. The van der Waals surface area contributed by atoms with E-state index in [-0.39, 0.29) is 17.6 Å². The number of rotatable bonds is 3. The molecule has 1 saturated heterocycles. The summed E-state index contributed by atoms with van der Waals surface area (Å²) in [5, 5.41) is 11.1. The third kappa shape index (κ3) is 3.49.